The van der Waals surface area contributed by atoms with Gasteiger partial charge in [-0.3, -0.25) is 4.79 Å². The van der Waals surface area contributed by atoms with Crippen LogP contribution in [-0.2, 0) is 11.8 Å². The summed E-state index contributed by atoms with van der Waals surface area (Å²) in [5.41, 5.74) is 6.74. The first-order valence-corrected chi connectivity index (χ1v) is 14.5. The number of rotatable bonds is 4. The van der Waals surface area contributed by atoms with Gasteiger partial charge in [0.15, 0.2) is 5.82 Å². The van der Waals surface area contributed by atoms with Crippen LogP contribution in [0.25, 0.3) is 39.4 Å². The van der Waals surface area contributed by atoms with Crippen LogP contribution in [-0.4, -0.2) is 30.5 Å². The van der Waals surface area contributed by atoms with Crippen molar-refractivity contribution < 1.29 is 4.74 Å². The van der Waals surface area contributed by atoms with E-state index in [2.05, 4.69) is 51.0 Å². The molecule has 0 spiro atoms. The molecular weight excluding hydrogens is 530 g/mol. The number of hydrogen-bond donors (Lipinski definition) is 0. The van der Waals surface area contributed by atoms with E-state index in [9.17, 15) is 4.79 Å². The van der Waals surface area contributed by atoms with E-state index in [1.54, 1.807) is 0 Å². The molecule has 7 nitrogen and oxygen atoms in total. The lowest BCUT2D eigenvalue weighted by Crippen LogP contribution is -2.23. The van der Waals surface area contributed by atoms with Gasteiger partial charge >= 0.3 is 0 Å². The summed E-state index contributed by atoms with van der Waals surface area (Å²) in [6, 6.07) is 24.4. The fourth-order valence-electron chi connectivity index (χ4n) is 5.22. The zero-order chi connectivity index (χ0) is 28.3. The molecule has 4 heterocycles. The lowest BCUT2D eigenvalue weighted by Gasteiger charge is -2.18. The molecule has 1 atom stereocenters. The summed E-state index contributed by atoms with van der Waals surface area (Å²) < 4.78 is 9.73. The molecule has 41 heavy (non-hydrogen) atoms. The van der Waals surface area contributed by atoms with E-state index < -0.39 is 0 Å². The first kappa shape index (κ1) is 25.4. The number of nitrogens with zero attached hydrogens (tertiary/aromatic N) is 5. The molecule has 7 rings (SSSR count). The molecule has 1 unspecified atom stereocenters. The van der Waals surface area contributed by atoms with Crippen LogP contribution >= 0.6 is 11.3 Å². The Morgan fingerprint density at radius 2 is 1.73 bits per heavy atom. The number of hydrogen-bond acceptors (Lipinski definition) is 6. The molecule has 0 N–H and O–H groups in total. The molecule has 0 radical (unpaired) electrons. The number of fused-ring (bicyclic) bond motifs is 2. The van der Waals surface area contributed by atoms with Crippen molar-refractivity contribution in [2.75, 3.05) is 0 Å². The number of para-hydroxylation sites is 1. The van der Waals surface area contributed by atoms with Crippen LogP contribution in [0.5, 0.6) is 5.75 Å². The Balaban J connectivity index is 1.31. The Bertz CT molecular complexity index is 2010. The van der Waals surface area contributed by atoms with E-state index in [1.807, 2.05) is 71.6 Å². The number of aromatic nitrogens is 5. The van der Waals surface area contributed by atoms with Crippen molar-refractivity contribution in [3.63, 3.8) is 0 Å². The highest BCUT2D eigenvalue weighted by Crippen LogP contribution is 2.34. The number of ether oxygens (including phenoxy) is 1. The van der Waals surface area contributed by atoms with Gasteiger partial charge in [0.1, 0.15) is 17.5 Å². The van der Waals surface area contributed by atoms with Gasteiger partial charge in [-0.25, -0.2) is 4.68 Å². The first-order chi connectivity index (χ1) is 19.7. The van der Waals surface area contributed by atoms with Gasteiger partial charge in [0.2, 0.25) is 4.96 Å². The van der Waals surface area contributed by atoms with Crippen molar-refractivity contribution in [2.24, 2.45) is 0 Å². The normalized spacial score (nSPS) is 15.4. The summed E-state index contributed by atoms with van der Waals surface area (Å²) >= 11 is 1.34. The third-order valence-corrected chi connectivity index (χ3v) is 8.37. The van der Waals surface area contributed by atoms with E-state index in [-0.39, 0.29) is 17.1 Å². The molecule has 8 heteroatoms. The van der Waals surface area contributed by atoms with Crippen molar-refractivity contribution in [1.29, 1.82) is 0 Å². The number of thiazole rings is 1. The molecule has 204 valence electrons. The molecule has 0 amide bonds. The second-order valence-corrected chi connectivity index (χ2v) is 12.6. The molecule has 0 saturated carbocycles. The highest BCUT2D eigenvalue weighted by Gasteiger charge is 2.21. The largest absolute Gasteiger partial charge is 0.490 e. The SMILES string of the molecule is CC1Cc2cc(-c3nn(-c4ccccc4)cc3C=c3sc4nc(-c5ccc(C(C)(C)C)cc5)nn4c3=O)ccc2O1. The van der Waals surface area contributed by atoms with E-state index in [1.165, 1.54) is 27.0 Å². The fraction of sp³-hybridized carbons (Fsp3) is 0.212. The molecule has 1 aliphatic heterocycles. The predicted molar refractivity (Wildman–Crippen MR) is 163 cm³/mol. The molecule has 0 bridgehead atoms. The Hall–Kier alpha value is -4.56. The summed E-state index contributed by atoms with van der Waals surface area (Å²) in [4.78, 5) is 18.7. The molecule has 0 saturated heterocycles. The second-order valence-electron chi connectivity index (χ2n) is 11.5. The van der Waals surface area contributed by atoms with Crippen LogP contribution in [0.4, 0.5) is 0 Å². The van der Waals surface area contributed by atoms with Crippen molar-refractivity contribution in [3.05, 3.63) is 111 Å². The monoisotopic (exact) mass is 559 g/mol. The Labute approximate surface area is 241 Å². The van der Waals surface area contributed by atoms with E-state index in [4.69, 9.17) is 14.8 Å². The summed E-state index contributed by atoms with van der Waals surface area (Å²) in [6.07, 6.45) is 4.89. The highest BCUT2D eigenvalue weighted by atomic mass is 32.1. The summed E-state index contributed by atoms with van der Waals surface area (Å²) in [5, 5.41) is 9.51. The molecular formula is C33H29N5O2S. The molecule has 0 aliphatic carbocycles. The minimum atomic E-state index is -0.190. The molecule has 1 aliphatic rings. The standard InChI is InChI=1S/C33H29N5O2S/c1-20-16-23-17-22(12-15-27(23)40-20)29-24(19-37(35-29)26-8-6-5-7-9-26)18-28-31(39)38-32(41-28)34-30(36-38)21-10-13-25(14-11-21)33(2,3)4/h5-15,17-20H,16H2,1-4H3. The van der Waals surface area contributed by atoms with Crippen molar-refractivity contribution in [1.82, 2.24) is 24.4 Å². The zero-order valence-corrected chi connectivity index (χ0v) is 24.1. The van der Waals surface area contributed by atoms with E-state index >= 15 is 0 Å². The van der Waals surface area contributed by atoms with Gasteiger partial charge < -0.3 is 4.74 Å². The summed E-state index contributed by atoms with van der Waals surface area (Å²) in [6.45, 7) is 8.63. The van der Waals surface area contributed by atoms with Gasteiger partial charge in [-0.2, -0.15) is 14.6 Å². The van der Waals surface area contributed by atoms with Gasteiger partial charge in [-0.05, 0) is 59.9 Å². The maximum absolute atomic E-state index is 13.5. The van der Waals surface area contributed by atoms with Crippen molar-refractivity contribution in [3.8, 4) is 34.1 Å². The van der Waals surface area contributed by atoms with Gasteiger partial charge in [-0.15, -0.1) is 5.10 Å². The topological polar surface area (TPSA) is 74.3 Å². The van der Waals surface area contributed by atoms with Crippen LogP contribution in [0.1, 0.15) is 44.4 Å². The van der Waals surface area contributed by atoms with Crippen molar-refractivity contribution >= 4 is 22.4 Å². The zero-order valence-electron chi connectivity index (χ0n) is 23.3. The average Bonchev–Trinajstić information content (AvgIpc) is 3.72. The van der Waals surface area contributed by atoms with Gasteiger partial charge in [0, 0.05) is 29.3 Å². The molecule has 3 aromatic heterocycles. The smallest absolute Gasteiger partial charge is 0.291 e. The van der Waals surface area contributed by atoms with Crippen molar-refractivity contribution in [2.45, 2.75) is 45.6 Å². The van der Waals surface area contributed by atoms with Crippen LogP contribution in [0.2, 0.25) is 0 Å². The minimum Gasteiger partial charge on any atom is -0.490 e. The predicted octanol–water partition coefficient (Wildman–Crippen LogP) is 5.84. The Morgan fingerprint density at radius 3 is 2.46 bits per heavy atom. The third-order valence-electron chi connectivity index (χ3n) is 7.41. The molecule has 0 fully saturated rings. The van der Waals surface area contributed by atoms with E-state index in [0.717, 1.165) is 40.2 Å². The Morgan fingerprint density at radius 1 is 0.976 bits per heavy atom. The van der Waals surface area contributed by atoms with Gasteiger partial charge in [0.05, 0.1) is 10.2 Å². The first-order valence-electron chi connectivity index (χ1n) is 13.7. The van der Waals surface area contributed by atoms with Crippen LogP contribution in [0.15, 0.2) is 83.8 Å². The highest BCUT2D eigenvalue weighted by molar-refractivity contribution is 7.15. The van der Waals surface area contributed by atoms with Crippen LogP contribution < -0.4 is 14.8 Å². The summed E-state index contributed by atoms with van der Waals surface area (Å²) in [7, 11) is 0. The lowest BCUT2D eigenvalue weighted by molar-refractivity contribution is 0.254. The van der Waals surface area contributed by atoms with E-state index in [0.29, 0.717) is 15.3 Å². The average molecular weight is 560 g/mol. The number of benzene rings is 3. The van der Waals surface area contributed by atoms with Crippen LogP contribution in [0.3, 0.4) is 0 Å². The summed E-state index contributed by atoms with van der Waals surface area (Å²) in [5.74, 6) is 1.47. The maximum atomic E-state index is 13.5. The third kappa shape index (κ3) is 4.64. The maximum Gasteiger partial charge on any atom is 0.291 e. The van der Waals surface area contributed by atoms with Gasteiger partial charge in [0.25, 0.3) is 5.56 Å². The second kappa shape index (κ2) is 9.52. The Kier molecular flexibility index (Phi) is 5.90. The van der Waals surface area contributed by atoms with Gasteiger partial charge in [-0.1, -0.05) is 74.6 Å². The quantitative estimate of drug-likeness (QED) is 0.271. The minimum absolute atomic E-state index is 0.0621. The fourth-order valence-corrected chi connectivity index (χ4v) is 6.11. The molecule has 6 aromatic rings. The molecule has 3 aromatic carbocycles. The lowest BCUT2D eigenvalue weighted by atomic mass is 9.87. The van der Waals surface area contributed by atoms with Crippen LogP contribution in [0, 0.1) is 0 Å².